The second-order valence-electron chi connectivity index (χ2n) is 2.99. The Morgan fingerprint density at radius 2 is 0.857 bits per heavy atom. The van der Waals surface area contributed by atoms with Crippen molar-refractivity contribution in [3.8, 4) is 0 Å². The molecular formula is C13H26Zr. The van der Waals surface area contributed by atoms with Gasteiger partial charge in [0.25, 0.3) is 0 Å². The van der Waals surface area contributed by atoms with Gasteiger partial charge in [0.1, 0.15) is 0 Å². The van der Waals surface area contributed by atoms with Crippen LogP contribution in [0.2, 0.25) is 0 Å². The monoisotopic (exact) mass is 272 g/mol. The summed E-state index contributed by atoms with van der Waals surface area (Å²) in [5.41, 5.74) is 6.11. The molecule has 0 N–H and O–H groups in total. The maximum absolute atomic E-state index is 2.22. The molecule has 0 aromatic heterocycles. The zero-order valence-electron chi connectivity index (χ0n) is 11.2. The molecule has 14 heavy (non-hydrogen) atoms. The minimum atomic E-state index is 0. The fraction of sp³-hybridized carbons (Fsp3) is 0.385. The molecule has 0 aliphatic heterocycles. The number of allylic oxidation sites excluding steroid dienone is 4. The van der Waals surface area contributed by atoms with E-state index < -0.39 is 0 Å². The second kappa shape index (κ2) is 11.4. The molecule has 0 radical (unpaired) electrons. The van der Waals surface area contributed by atoms with E-state index in [0.29, 0.717) is 0 Å². The summed E-state index contributed by atoms with van der Waals surface area (Å²) in [6.45, 7) is 8.85. The topological polar surface area (TPSA) is 0 Å². The van der Waals surface area contributed by atoms with Gasteiger partial charge in [-0.2, -0.15) is 0 Å². The normalized spacial score (nSPS) is 12.9. The largest absolute Gasteiger partial charge is 4.00 e. The van der Waals surface area contributed by atoms with Gasteiger partial charge >= 0.3 is 26.2 Å². The number of hydrogen-bond acceptors (Lipinski definition) is 0. The molecule has 0 heterocycles. The summed E-state index contributed by atoms with van der Waals surface area (Å²) in [7, 11) is 0. The Bertz CT molecular complexity index is 175. The van der Waals surface area contributed by atoms with Gasteiger partial charge in [-0.3, -0.25) is 0 Å². The predicted octanol–water partition coefficient (Wildman–Crippen LogP) is 4.86. The molecule has 0 nitrogen and oxygen atoms in total. The van der Waals surface area contributed by atoms with Crippen molar-refractivity contribution in [1.82, 2.24) is 0 Å². The number of hydrogen-bond donors (Lipinski definition) is 0. The quantitative estimate of drug-likeness (QED) is 0.553. The van der Waals surface area contributed by atoms with E-state index in [1.807, 2.05) is 0 Å². The molecule has 0 saturated heterocycles. The molecule has 1 aliphatic rings. The zero-order chi connectivity index (χ0) is 7.02. The molecule has 82 valence electrons. The van der Waals surface area contributed by atoms with Crippen molar-refractivity contribution in [2.24, 2.45) is 0 Å². The fourth-order valence-electron chi connectivity index (χ4n) is 1.30. The third kappa shape index (κ3) is 5.96. The summed E-state index contributed by atoms with van der Waals surface area (Å²) in [4.78, 5) is 0. The van der Waals surface area contributed by atoms with Crippen LogP contribution < -0.4 is 0 Å². The van der Waals surface area contributed by atoms with Gasteiger partial charge < -0.3 is 29.7 Å². The molecule has 0 bridgehead atoms. The van der Waals surface area contributed by atoms with E-state index in [-0.39, 0.29) is 55.9 Å². The van der Waals surface area contributed by atoms with Crippen molar-refractivity contribution in [3.63, 3.8) is 0 Å². The van der Waals surface area contributed by atoms with Gasteiger partial charge in [-0.05, 0) is 45.3 Å². The molecule has 0 fully saturated rings. The van der Waals surface area contributed by atoms with E-state index in [1.54, 1.807) is 11.1 Å². The molecule has 1 rings (SSSR count). The van der Waals surface area contributed by atoms with Crippen LogP contribution in [-0.4, -0.2) is 0 Å². The van der Waals surface area contributed by atoms with Gasteiger partial charge in [0.15, 0.2) is 0 Å². The van der Waals surface area contributed by atoms with Gasteiger partial charge in [-0.1, -0.05) is 11.1 Å². The van der Waals surface area contributed by atoms with E-state index in [9.17, 15) is 0 Å². The van der Waals surface area contributed by atoms with Gasteiger partial charge in [-0.25, -0.2) is 0 Å². The van der Waals surface area contributed by atoms with Crippen LogP contribution >= 0.6 is 0 Å². The van der Waals surface area contributed by atoms with E-state index >= 15 is 0 Å². The molecule has 1 heteroatoms. The minimum Gasteiger partial charge on any atom is -0.358 e. The summed E-state index contributed by atoms with van der Waals surface area (Å²) in [6, 6.07) is 0. The van der Waals surface area contributed by atoms with Gasteiger partial charge in [0.2, 0.25) is 0 Å². The average molecular weight is 274 g/mol. The molecule has 0 unspecified atom stereocenters. The molecule has 1 aliphatic carbocycles. The summed E-state index contributed by atoms with van der Waals surface area (Å²) in [5.74, 6) is 0. The third-order valence-corrected chi connectivity index (χ3v) is 2.37. The smallest absolute Gasteiger partial charge is 0.358 e. The van der Waals surface area contributed by atoms with Crippen LogP contribution in [0.25, 0.3) is 0 Å². The van der Waals surface area contributed by atoms with Crippen LogP contribution in [0.5, 0.6) is 0 Å². The van der Waals surface area contributed by atoms with Crippen molar-refractivity contribution >= 4 is 0 Å². The summed E-state index contributed by atoms with van der Waals surface area (Å²) in [6.07, 6.45) is 1.21. The first-order valence-electron chi connectivity index (χ1n) is 3.46. The molecule has 0 atom stereocenters. The second-order valence-corrected chi connectivity index (χ2v) is 2.99. The SMILES string of the molecule is CC1=C(C)C(C)=C(C)C1.[CH3-].[CH3-].[CH3-].[CH3-].[Zr+4]. The van der Waals surface area contributed by atoms with Crippen LogP contribution in [0.4, 0.5) is 0 Å². The predicted molar refractivity (Wildman–Crippen MR) is 67.0 cm³/mol. The third-order valence-electron chi connectivity index (χ3n) is 2.37. The van der Waals surface area contributed by atoms with Crippen LogP contribution in [0, 0.1) is 29.7 Å². The van der Waals surface area contributed by atoms with E-state index in [1.165, 1.54) is 17.6 Å². The minimum absolute atomic E-state index is 0. The molecule has 0 aromatic carbocycles. The van der Waals surface area contributed by atoms with Crippen LogP contribution in [-0.2, 0) is 26.2 Å². The molecular weight excluding hydrogens is 247 g/mol. The fourth-order valence-corrected chi connectivity index (χ4v) is 1.30. The Kier molecular flexibility index (Phi) is 23.9. The Morgan fingerprint density at radius 3 is 0.929 bits per heavy atom. The summed E-state index contributed by atoms with van der Waals surface area (Å²) in [5, 5.41) is 0. The molecule has 0 spiro atoms. The standard InChI is InChI=1S/C9H14.4CH3.Zr/c1-6-5-7(2)9(4)8(6)3;;;;;/h5H2,1-4H3;4*1H3;/q;4*-1;+4. The van der Waals surface area contributed by atoms with E-state index in [4.69, 9.17) is 0 Å². The molecule has 0 aromatic rings. The molecule has 0 amide bonds. The van der Waals surface area contributed by atoms with Crippen LogP contribution in [0.1, 0.15) is 34.1 Å². The summed E-state index contributed by atoms with van der Waals surface area (Å²) < 4.78 is 0. The van der Waals surface area contributed by atoms with E-state index in [0.717, 1.165) is 0 Å². The van der Waals surface area contributed by atoms with Crippen molar-refractivity contribution in [1.29, 1.82) is 0 Å². The molecule has 0 saturated carbocycles. The van der Waals surface area contributed by atoms with Crippen molar-refractivity contribution < 1.29 is 26.2 Å². The van der Waals surface area contributed by atoms with Crippen LogP contribution in [0.15, 0.2) is 22.3 Å². The van der Waals surface area contributed by atoms with E-state index in [2.05, 4.69) is 27.7 Å². The first kappa shape index (κ1) is 29.3. The van der Waals surface area contributed by atoms with Crippen molar-refractivity contribution in [3.05, 3.63) is 52.0 Å². The maximum Gasteiger partial charge on any atom is 4.00 e. The average Bonchev–Trinajstić information content (AvgIpc) is 1.98. The first-order valence-corrected chi connectivity index (χ1v) is 3.46. The Labute approximate surface area is 112 Å². The van der Waals surface area contributed by atoms with Crippen molar-refractivity contribution in [2.75, 3.05) is 0 Å². The van der Waals surface area contributed by atoms with Gasteiger partial charge in [0.05, 0.1) is 0 Å². The number of rotatable bonds is 0. The van der Waals surface area contributed by atoms with Crippen molar-refractivity contribution in [2.45, 2.75) is 34.1 Å². The Hall–Kier alpha value is 0.363. The first-order chi connectivity index (χ1) is 4.13. The van der Waals surface area contributed by atoms with Crippen LogP contribution in [0.3, 0.4) is 0 Å². The Balaban J connectivity index is -0.0000000540. The Morgan fingerprint density at radius 1 is 0.643 bits per heavy atom. The zero-order valence-corrected chi connectivity index (χ0v) is 13.7. The van der Waals surface area contributed by atoms with Gasteiger partial charge in [0, 0.05) is 0 Å². The maximum atomic E-state index is 2.22. The van der Waals surface area contributed by atoms with Gasteiger partial charge in [-0.15, -0.1) is 0 Å². The summed E-state index contributed by atoms with van der Waals surface area (Å²) >= 11 is 0.